The molecule has 4 aromatic rings. The van der Waals surface area contributed by atoms with Crippen LogP contribution in [0.5, 0.6) is 17.2 Å². The van der Waals surface area contributed by atoms with Crippen LogP contribution in [-0.2, 0) is 11.3 Å². The summed E-state index contributed by atoms with van der Waals surface area (Å²) in [5, 5.41) is 10.5. The SMILES string of the molecule is COc1ccc(-c2nc(S[C@@H](CC(=O)NCc3ccco3)c3ccc(OC)c(OC)c3)n[nH]2)cc1. The highest BCUT2D eigenvalue weighted by Crippen LogP contribution is 2.40. The summed E-state index contributed by atoms with van der Waals surface area (Å²) in [6.45, 7) is 0.317. The molecular weight excluding hydrogens is 468 g/mol. The van der Waals surface area contributed by atoms with Crippen molar-refractivity contribution in [1.82, 2.24) is 20.5 Å². The zero-order chi connectivity index (χ0) is 24.6. The number of H-pyrrole nitrogens is 1. The number of aromatic nitrogens is 3. The minimum Gasteiger partial charge on any atom is -0.497 e. The van der Waals surface area contributed by atoms with Crippen molar-refractivity contribution in [3.05, 3.63) is 72.2 Å². The van der Waals surface area contributed by atoms with Crippen molar-refractivity contribution < 1.29 is 23.4 Å². The first-order valence-electron chi connectivity index (χ1n) is 10.8. The van der Waals surface area contributed by atoms with Crippen molar-refractivity contribution in [1.29, 1.82) is 0 Å². The highest BCUT2D eigenvalue weighted by Gasteiger charge is 2.22. The van der Waals surface area contributed by atoms with E-state index in [2.05, 4.69) is 20.5 Å². The number of ether oxygens (including phenoxy) is 3. The fraction of sp³-hybridized carbons (Fsp3) is 0.240. The van der Waals surface area contributed by atoms with Gasteiger partial charge in [0.1, 0.15) is 11.5 Å². The summed E-state index contributed by atoms with van der Waals surface area (Å²) < 4.78 is 21.3. The van der Waals surface area contributed by atoms with Crippen LogP contribution in [0, 0.1) is 0 Å². The third-order valence-electron chi connectivity index (χ3n) is 5.27. The van der Waals surface area contributed by atoms with Crippen LogP contribution in [0.15, 0.2) is 70.4 Å². The van der Waals surface area contributed by atoms with Crippen LogP contribution < -0.4 is 19.5 Å². The van der Waals surface area contributed by atoms with Gasteiger partial charge in [0.05, 0.1) is 34.1 Å². The zero-order valence-electron chi connectivity index (χ0n) is 19.6. The summed E-state index contributed by atoms with van der Waals surface area (Å²) in [5.41, 5.74) is 1.76. The van der Waals surface area contributed by atoms with Gasteiger partial charge < -0.3 is 23.9 Å². The van der Waals surface area contributed by atoms with E-state index in [4.69, 9.17) is 18.6 Å². The van der Waals surface area contributed by atoms with Crippen molar-refractivity contribution in [2.75, 3.05) is 21.3 Å². The number of amides is 1. The Morgan fingerprint density at radius 2 is 1.86 bits per heavy atom. The fourth-order valence-electron chi connectivity index (χ4n) is 3.42. The standard InChI is InChI=1S/C25H26N4O5S/c1-31-18-9-6-16(7-10-18)24-27-25(29-28-24)35-22(14-23(30)26-15-19-5-4-12-34-19)17-8-11-20(32-2)21(13-17)33-3/h4-13,22H,14-15H2,1-3H3,(H,26,30)(H,27,28,29)/t22-/m0/s1. The molecular formula is C25H26N4O5S. The molecule has 0 bridgehead atoms. The lowest BCUT2D eigenvalue weighted by atomic mass is 10.1. The molecule has 35 heavy (non-hydrogen) atoms. The van der Waals surface area contributed by atoms with E-state index in [1.165, 1.54) is 11.8 Å². The lowest BCUT2D eigenvalue weighted by molar-refractivity contribution is -0.121. The number of hydrogen-bond acceptors (Lipinski definition) is 8. The third kappa shape index (κ3) is 6.15. The van der Waals surface area contributed by atoms with E-state index in [0.29, 0.717) is 34.8 Å². The average molecular weight is 495 g/mol. The molecule has 2 aromatic heterocycles. The van der Waals surface area contributed by atoms with E-state index < -0.39 is 0 Å². The van der Waals surface area contributed by atoms with E-state index in [1.807, 2.05) is 48.5 Å². The van der Waals surface area contributed by atoms with Crippen LogP contribution in [0.4, 0.5) is 0 Å². The molecule has 0 aliphatic carbocycles. The maximum absolute atomic E-state index is 12.8. The predicted molar refractivity (Wildman–Crippen MR) is 132 cm³/mol. The van der Waals surface area contributed by atoms with Gasteiger partial charge in [0.15, 0.2) is 17.3 Å². The second-order valence-electron chi connectivity index (χ2n) is 7.48. The Morgan fingerprint density at radius 3 is 2.54 bits per heavy atom. The number of nitrogens with one attached hydrogen (secondary N) is 2. The van der Waals surface area contributed by atoms with Crippen molar-refractivity contribution in [3.8, 4) is 28.6 Å². The normalized spacial score (nSPS) is 11.6. The summed E-state index contributed by atoms with van der Waals surface area (Å²) >= 11 is 1.39. The first kappa shape index (κ1) is 24.2. The number of thioether (sulfide) groups is 1. The van der Waals surface area contributed by atoms with Gasteiger partial charge in [-0.25, -0.2) is 4.98 Å². The fourth-order valence-corrected chi connectivity index (χ4v) is 4.44. The van der Waals surface area contributed by atoms with E-state index in [9.17, 15) is 4.79 Å². The largest absolute Gasteiger partial charge is 0.497 e. The lowest BCUT2D eigenvalue weighted by Crippen LogP contribution is -2.23. The number of carbonyl (C=O) groups is 1. The summed E-state index contributed by atoms with van der Waals surface area (Å²) in [5.74, 6) is 3.15. The lowest BCUT2D eigenvalue weighted by Gasteiger charge is -2.17. The van der Waals surface area contributed by atoms with Crippen LogP contribution in [0.2, 0.25) is 0 Å². The van der Waals surface area contributed by atoms with Gasteiger partial charge in [-0.15, -0.1) is 5.10 Å². The average Bonchev–Trinajstić information content (AvgIpc) is 3.59. The topological polar surface area (TPSA) is 112 Å². The van der Waals surface area contributed by atoms with E-state index in [-0.39, 0.29) is 17.6 Å². The first-order valence-corrected chi connectivity index (χ1v) is 11.7. The number of carbonyl (C=O) groups excluding carboxylic acids is 1. The molecule has 0 unspecified atom stereocenters. The zero-order valence-corrected chi connectivity index (χ0v) is 20.4. The van der Waals surface area contributed by atoms with Gasteiger partial charge in [-0.2, -0.15) is 0 Å². The molecule has 4 rings (SSSR count). The first-order chi connectivity index (χ1) is 17.1. The van der Waals surface area contributed by atoms with Crippen molar-refractivity contribution in [2.45, 2.75) is 23.4 Å². The smallest absolute Gasteiger partial charge is 0.221 e. The number of benzene rings is 2. The minimum absolute atomic E-state index is 0.125. The van der Waals surface area contributed by atoms with Crippen LogP contribution >= 0.6 is 11.8 Å². The van der Waals surface area contributed by atoms with Gasteiger partial charge in [-0.05, 0) is 54.1 Å². The third-order valence-corrected chi connectivity index (χ3v) is 6.38. The Morgan fingerprint density at radius 1 is 1.06 bits per heavy atom. The van der Waals surface area contributed by atoms with Crippen LogP contribution in [0.25, 0.3) is 11.4 Å². The molecule has 182 valence electrons. The van der Waals surface area contributed by atoms with Crippen molar-refractivity contribution in [2.24, 2.45) is 0 Å². The van der Waals surface area contributed by atoms with Crippen molar-refractivity contribution >= 4 is 17.7 Å². The molecule has 0 fully saturated rings. The Labute approximate surface area is 207 Å². The van der Waals surface area contributed by atoms with Gasteiger partial charge in [-0.1, -0.05) is 17.8 Å². The molecule has 0 aliphatic heterocycles. The number of methoxy groups -OCH3 is 3. The molecule has 1 amide bonds. The van der Waals surface area contributed by atoms with E-state index in [0.717, 1.165) is 16.9 Å². The van der Waals surface area contributed by atoms with Gasteiger partial charge >= 0.3 is 0 Å². The molecule has 0 aliphatic rings. The van der Waals surface area contributed by atoms with Crippen LogP contribution in [0.1, 0.15) is 23.0 Å². The number of nitrogens with zero attached hydrogens (tertiary/aromatic N) is 2. The Hall–Kier alpha value is -3.92. The maximum atomic E-state index is 12.8. The van der Waals surface area contributed by atoms with Crippen LogP contribution in [-0.4, -0.2) is 42.4 Å². The molecule has 10 heteroatoms. The van der Waals surface area contributed by atoms with Crippen LogP contribution in [0.3, 0.4) is 0 Å². The molecule has 0 saturated carbocycles. The Kier molecular flexibility index (Phi) is 7.94. The number of aromatic amines is 1. The maximum Gasteiger partial charge on any atom is 0.221 e. The molecule has 0 saturated heterocycles. The minimum atomic E-state index is -0.272. The highest BCUT2D eigenvalue weighted by atomic mass is 32.2. The number of hydrogen-bond donors (Lipinski definition) is 2. The molecule has 9 nitrogen and oxygen atoms in total. The monoisotopic (exact) mass is 494 g/mol. The highest BCUT2D eigenvalue weighted by molar-refractivity contribution is 7.99. The summed E-state index contributed by atoms with van der Waals surface area (Å²) in [4.78, 5) is 17.4. The number of furan rings is 1. The Balaban J connectivity index is 1.54. The van der Waals surface area contributed by atoms with Gasteiger partial charge in [-0.3, -0.25) is 9.89 Å². The summed E-state index contributed by atoms with van der Waals surface area (Å²) in [6.07, 6.45) is 1.78. The molecule has 1 atom stereocenters. The molecule has 0 spiro atoms. The Bertz CT molecular complexity index is 1240. The van der Waals surface area contributed by atoms with E-state index in [1.54, 1.807) is 33.7 Å². The van der Waals surface area contributed by atoms with Gasteiger partial charge in [0.25, 0.3) is 0 Å². The second-order valence-corrected chi connectivity index (χ2v) is 8.65. The predicted octanol–water partition coefficient (Wildman–Crippen LogP) is 4.63. The summed E-state index contributed by atoms with van der Waals surface area (Å²) in [6, 6.07) is 16.7. The molecule has 2 N–H and O–H groups in total. The summed E-state index contributed by atoms with van der Waals surface area (Å²) in [7, 11) is 4.79. The van der Waals surface area contributed by atoms with Gasteiger partial charge in [0.2, 0.25) is 11.1 Å². The molecule has 2 heterocycles. The number of rotatable bonds is 11. The second kappa shape index (κ2) is 11.5. The quantitative estimate of drug-likeness (QED) is 0.290. The molecule has 2 aromatic carbocycles. The molecule has 0 radical (unpaired) electrons. The van der Waals surface area contributed by atoms with E-state index >= 15 is 0 Å². The van der Waals surface area contributed by atoms with Gasteiger partial charge in [0, 0.05) is 17.2 Å². The van der Waals surface area contributed by atoms with Crippen molar-refractivity contribution in [3.63, 3.8) is 0 Å².